The highest BCUT2D eigenvalue weighted by Gasteiger charge is 2.12. The molecule has 0 amide bonds. The number of benzene rings is 1. The summed E-state index contributed by atoms with van der Waals surface area (Å²) in [6.45, 7) is 5.86. The van der Waals surface area contributed by atoms with Crippen LogP contribution in [0.2, 0.25) is 5.02 Å². The van der Waals surface area contributed by atoms with Gasteiger partial charge in [-0.3, -0.25) is 0 Å². The van der Waals surface area contributed by atoms with Crippen LogP contribution in [0.25, 0.3) is 11.3 Å². The SMILES string of the molecule is CCCNCc1ncoc1-c1ccc(Cl)cc1C. The molecule has 2 aromatic rings. The van der Waals surface area contributed by atoms with Gasteiger partial charge in [-0.1, -0.05) is 18.5 Å². The zero-order valence-electron chi connectivity index (χ0n) is 10.7. The van der Waals surface area contributed by atoms with Crippen LogP contribution in [0.15, 0.2) is 29.0 Å². The molecule has 3 nitrogen and oxygen atoms in total. The lowest BCUT2D eigenvalue weighted by Crippen LogP contribution is -2.14. The number of halogens is 1. The van der Waals surface area contributed by atoms with Gasteiger partial charge >= 0.3 is 0 Å². The molecule has 0 spiro atoms. The van der Waals surface area contributed by atoms with Crippen molar-refractivity contribution < 1.29 is 4.42 Å². The summed E-state index contributed by atoms with van der Waals surface area (Å²) in [7, 11) is 0. The van der Waals surface area contributed by atoms with Crippen LogP contribution in [0, 0.1) is 6.92 Å². The standard InChI is InChI=1S/C14H17ClN2O/c1-3-6-16-8-13-14(18-9-17-13)12-5-4-11(15)7-10(12)2/h4-5,7,9,16H,3,6,8H2,1-2H3. The highest BCUT2D eigenvalue weighted by atomic mass is 35.5. The van der Waals surface area contributed by atoms with Gasteiger partial charge in [-0.05, 0) is 43.7 Å². The molecular weight excluding hydrogens is 248 g/mol. The van der Waals surface area contributed by atoms with Crippen molar-refractivity contribution >= 4 is 11.6 Å². The van der Waals surface area contributed by atoms with Crippen molar-refractivity contribution in [3.8, 4) is 11.3 Å². The van der Waals surface area contributed by atoms with Gasteiger partial charge in [0.25, 0.3) is 0 Å². The Labute approximate surface area is 112 Å². The fourth-order valence-corrected chi connectivity index (χ4v) is 2.11. The maximum Gasteiger partial charge on any atom is 0.181 e. The van der Waals surface area contributed by atoms with E-state index in [2.05, 4.69) is 17.2 Å². The third kappa shape index (κ3) is 2.92. The molecule has 0 aliphatic carbocycles. The molecule has 0 bridgehead atoms. The molecule has 96 valence electrons. The lowest BCUT2D eigenvalue weighted by molar-refractivity contribution is 0.569. The molecule has 0 radical (unpaired) electrons. The van der Waals surface area contributed by atoms with Crippen LogP contribution in [-0.4, -0.2) is 11.5 Å². The van der Waals surface area contributed by atoms with Gasteiger partial charge in [0, 0.05) is 17.1 Å². The van der Waals surface area contributed by atoms with E-state index >= 15 is 0 Å². The summed E-state index contributed by atoms with van der Waals surface area (Å²) in [6, 6.07) is 5.78. The fraction of sp³-hybridized carbons (Fsp3) is 0.357. The number of oxazole rings is 1. The molecule has 0 unspecified atom stereocenters. The van der Waals surface area contributed by atoms with Gasteiger partial charge in [0.05, 0.1) is 0 Å². The topological polar surface area (TPSA) is 38.1 Å². The largest absolute Gasteiger partial charge is 0.443 e. The Hall–Kier alpha value is -1.32. The average Bonchev–Trinajstić information content (AvgIpc) is 2.78. The molecule has 1 N–H and O–H groups in total. The number of rotatable bonds is 5. The van der Waals surface area contributed by atoms with Crippen molar-refractivity contribution in [2.45, 2.75) is 26.8 Å². The minimum absolute atomic E-state index is 0.724. The molecule has 0 aliphatic heterocycles. The second kappa shape index (κ2) is 6.03. The van der Waals surface area contributed by atoms with Gasteiger partial charge in [-0.15, -0.1) is 0 Å². The maximum atomic E-state index is 5.96. The van der Waals surface area contributed by atoms with Crippen molar-refractivity contribution in [3.63, 3.8) is 0 Å². The van der Waals surface area contributed by atoms with Gasteiger partial charge in [-0.2, -0.15) is 0 Å². The zero-order valence-corrected chi connectivity index (χ0v) is 11.4. The van der Waals surface area contributed by atoms with Crippen LogP contribution in [0.4, 0.5) is 0 Å². The lowest BCUT2D eigenvalue weighted by Gasteiger charge is -2.06. The molecule has 2 rings (SSSR count). The molecule has 18 heavy (non-hydrogen) atoms. The summed E-state index contributed by atoms with van der Waals surface area (Å²) in [5, 5.41) is 4.07. The Morgan fingerprint density at radius 2 is 2.22 bits per heavy atom. The Morgan fingerprint density at radius 1 is 1.39 bits per heavy atom. The van der Waals surface area contributed by atoms with E-state index in [4.69, 9.17) is 16.0 Å². The van der Waals surface area contributed by atoms with Gasteiger partial charge in [-0.25, -0.2) is 4.98 Å². The van der Waals surface area contributed by atoms with E-state index in [1.54, 1.807) is 0 Å². The highest BCUT2D eigenvalue weighted by Crippen LogP contribution is 2.28. The van der Waals surface area contributed by atoms with Crippen LogP contribution >= 0.6 is 11.6 Å². The first-order valence-corrected chi connectivity index (χ1v) is 6.49. The second-order valence-corrected chi connectivity index (χ2v) is 4.70. The number of hydrogen-bond donors (Lipinski definition) is 1. The summed E-state index contributed by atoms with van der Waals surface area (Å²) in [5.74, 6) is 0.827. The summed E-state index contributed by atoms with van der Waals surface area (Å²) in [4.78, 5) is 4.27. The summed E-state index contributed by atoms with van der Waals surface area (Å²) >= 11 is 5.96. The summed E-state index contributed by atoms with van der Waals surface area (Å²) in [6.07, 6.45) is 2.60. The molecular formula is C14H17ClN2O. The predicted octanol–water partition coefficient (Wildman–Crippen LogP) is 3.80. The smallest absolute Gasteiger partial charge is 0.181 e. The molecule has 4 heteroatoms. The minimum atomic E-state index is 0.724. The van der Waals surface area contributed by atoms with Crippen LogP contribution in [0.5, 0.6) is 0 Å². The van der Waals surface area contributed by atoms with Gasteiger partial charge in [0.15, 0.2) is 12.2 Å². The predicted molar refractivity (Wildman–Crippen MR) is 73.7 cm³/mol. The normalized spacial score (nSPS) is 10.8. The maximum absolute atomic E-state index is 5.96. The molecule has 0 saturated heterocycles. The number of hydrogen-bond acceptors (Lipinski definition) is 3. The minimum Gasteiger partial charge on any atom is -0.443 e. The first-order valence-electron chi connectivity index (χ1n) is 6.12. The van der Waals surface area contributed by atoms with Crippen molar-refractivity contribution in [2.24, 2.45) is 0 Å². The Kier molecular flexibility index (Phi) is 4.39. The van der Waals surface area contributed by atoms with Crippen molar-refractivity contribution in [1.82, 2.24) is 10.3 Å². The fourth-order valence-electron chi connectivity index (χ4n) is 1.88. The van der Waals surface area contributed by atoms with Gasteiger partial charge in [0.2, 0.25) is 0 Å². The molecule has 0 atom stereocenters. The number of nitrogens with zero attached hydrogens (tertiary/aromatic N) is 1. The average molecular weight is 265 g/mol. The quantitative estimate of drug-likeness (QED) is 0.835. The van der Waals surface area contributed by atoms with Crippen LogP contribution < -0.4 is 5.32 Å². The molecule has 1 heterocycles. The first-order chi connectivity index (χ1) is 8.72. The molecule has 1 aromatic heterocycles. The molecule has 0 aliphatic rings. The van der Waals surface area contributed by atoms with E-state index < -0.39 is 0 Å². The number of aromatic nitrogens is 1. The van der Waals surface area contributed by atoms with Gasteiger partial charge in [0.1, 0.15) is 5.69 Å². The van der Waals surface area contributed by atoms with Crippen LogP contribution in [0.1, 0.15) is 24.6 Å². The first kappa shape index (κ1) is 13.1. The zero-order chi connectivity index (χ0) is 13.0. The van der Waals surface area contributed by atoms with Crippen LogP contribution in [-0.2, 0) is 6.54 Å². The van der Waals surface area contributed by atoms with E-state index in [1.807, 2.05) is 25.1 Å². The van der Waals surface area contributed by atoms with Crippen molar-refractivity contribution in [2.75, 3.05) is 6.54 Å². The van der Waals surface area contributed by atoms with E-state index in [1.165, 1.54) is 6.39 Å². The monoisotopic (exact) mass is 264 g/mol. The van der Waals surface area contributed by atoms with E-state index in [9.17, 15) is 0 Å². The molecule has 0 saturated carbocycles. The molecule has 0 fully saturated rings. The number of aryl methyl sites for hydroxylation is 1. The number of nitrogens with one attached hydrogen (secondary N) is 1. The summed E-state index contributed by atoms with van der Waals surface area (Å²) in [5.41, 5.74) is 3.08. The van der Waals surface area contributed by atoms with E-state index in [0.717, 1.165) is 47.1 Å². The Morgan fingerprint density at radius 3 is 2.94 bits per heavy atom. The van der Waals surface area contributed by atoms with Crippen molar-refractivity contribution in [1.29, 1.82) is 0 Å². The Balaban J connectivity index is 2.25. The summed E-state index contributed by atoms with van der Waals surface area (Å²) < 4.78 is 5.51. The lowest BCUT2D eigenvalue weighted by atomic mass is 10.1. The van der Waals surface area contributed by atoms with E-state index in [0.29, 0.717) is 0 Å². The van der Waals surface area contributed by atoms with E-state index in [-0.39, 0.29) is 0 Å². The Bertz CT molecular complexity index is 522. The second-order valence-electron chi connectivity index (χ2n) is 4.26. The molecule has 1 aromatic carbocycles. The van der Waals surface area contributed by atoms with Crippen molar-refractivity contribution in [3.05, 3.63) is 40.9 Å². The third-order valence-corrected chi connectivity index (χ3v) is 3.03. The van der Waals surface area contributed by atoms with Crippen LogP contribution in [0.3, 0.4) is 0 Å². The third-order valence-electron chi connectivity index (χ3n) is 2.79. The van der Waals surface area contributed by atoms with Gasteiger partial charge < -0.3 is 9.73 Å². The highest BCUT2D eigenvalue weighted by molar-refractivity contribution is 6.30.